The second kappa shape index (κ2) is 73.8. The van der Waals surface area contributed by atoms with E-state index in [4.69, 9.17) is 37.0 Å². The van der Waals surface area contributed by atoms with Crippen LogP contribution in [0.2, 0.25) is 0 Å². The Balaban J connectivity index is 5.22. The molecule has 0 aromatic carbocycles. The fourth-order valence-corrected chi connectivity index (χ4v) is 14.7. The summed E-state index contributed by atoms with van der Waals surface area (Å²) in [5.41, 5.74) is 0. The quantitative estimate of drug-likeness (QED) is 0.0222. The molecule has 0 rings (SSSR count). The monoisotopic (exact) mass is 1520 g/mol. The van der Waals surface area contributed by atoms with E-state index in [1.807, 2.05) is 0 Å². The van der Waals surface area contributed by atoms with E-state index in [-0.39, 0.29) is 25.7 Å². The fraction of sp³-hybridized carbons (Fsp3) is 0.953. The van der Waals surface area contributed by atoms with E-state index in [1.165, 1.54) is 238 Å². The van der Waals surface area contributed by atoms with Gasteiger partial charge in [-0.25, -0.2) is 9.13 Å². The highest BCUT2D eigenvalue weighted by Crippen LogP contribution is 2.45. The number of rotatable bonds is 82. The van der Waals surface area contributed by atoms with Crippen LogP contribution in [0.3, 0.4) is 0 Å². The summed E-state index contributed by atoms with van der Waals surface area (Å²) in [6.07, 6.45) is 62.5. The molecule has 3 N–H and O–H groups in total. The Labute approximate surface area is 638 Å². The summed E-state index contributed by atoms with van der Waals surface area (Å²) in [5.74, 6) is 1.03. The number of phosphoric acid groups is 2. The number of carbonyl (C=O) groups is 4. The zero-order valence-electron chi connectivity index (χ0n) is 68.7. The average molecular weight is 1520 g/mol. The molecule has 6 atom stereocenters. The minimum Gasteiger partial charge on any atom is -0.462 e. The smallest absolute Gasteiger partial charge is 0.462 e. The molecule has 0 radical (unpaired) electrons. The molecule has 0 aliphatic rings. The molecule has 3 unspecified atom stereocenters. The Morgan fingerprint density at radius 2 is 0.462 bits per heavy atom. The number of aliphatic hydroxyl groups is 1. The minimum absolute atomic E-state index is 0.106. The molecule has 0 amide bonds. The number of hydrogen-bond acceptors (Lipinski definition) is 15. The Hall–Kier alpha value is -1.94. The van der Waals surface area contributed by atoms with Crippen molar-refractivity contribution in [3.63, 3.8) is 0 Å². The molecule has 0 aliphatic carbocycles. The fourth-order valence-electron chi connectivity index (χ4n) is 13.1. The van der Waals surface area contributed by atoms with Crippen LogP contribution in [-0.4, -0.2) is 96.7 Å². The van der Waals surface area contributed by atoms with Gasteiger partial charge in [0.1, 0.15) is 19.3 Å². The highest BCUT2D eigenvalue weighted by Gasteiger charge is 2.30. The molecule has 0 bridgehead atoms. The number of aliphatic hydroxyl groups excluding tert-OH is 1. The van der Waals surface area contributed by atoms with E-state index >= 15 is 0 Å². The minimum atomic E-state index is -4.97. The first kappa shape index (κ1) is 102. The number of ether oxygens (including phenoxy) is 4. The van der Waals surface area contributed by atoms with Gasteiger partial charge >= 0.3 is 39.5 Å². The molecule has 0 fully saturated rings. The molecule has 104 heavy (non-hydrogen) atoms. The first-order valence-electron chi connectivity index (χ1n) is 43.7. The predicted octanol–water partition coefficient (Wildman–Crippen LogP) is 25.6. The Morgan fingerprint density at radius 3 is 0.683 bits per heavy atom. The summed E-state index contributed by atoms with van der Waals surface area (Å²) < 4.78 is 68.8. The van der Waals surface area contributed by atoms with Gasteiger partial charge in [-0.2, -0.15) is 0 Å². The number of hydrogen-bond donors (Lipinski definition) is 3. The first-order valence-corrected chi connectivity index (χ1v) is 46.7. The van der Waals surface area contributed by atoms with Crippen LogP contribution in [0.1, 0.15) is 441 Å². The van der Waals surface area contributed by atoms with Gasteiger partial charge in [0.25, 0.3) is 0 Å². The summed E-state index contributed by atoms with van der Waals surface area (Å²) in [7, 11) is -9.93. The van der Waals surface area contributed by atoms with Crippen LogP contribution in [0.15, 0.2) is 0 Å². The number of unbranched alkanes of at least 4 members (excludes halogenated alkanes) is 47. The second-order valence-electron chi connectivity index (χ2n) is 32.2. The third-order valence-electron chi connectivity index (χ3n) is 20.2. The first-order chi connectivity index (χ1) is 50.1. The largest absolute Gasteiger partial charge is 0.472 e. The third kappa shape index (κ3) is 76.8. The summed E-state index contributed by atoms with van der Waals surface area (Å²) in [4.78, 5) is 73.2. The van der Waals surface area contributed by atoms with Crippen molar-refractivity contribution in [1.82, 2.24) is 0 Å². The van der Waals surface area contributed by atoms with Crippen LogP contribution in [-0.2, 0) is 65.4 Å². The number of carbonyl (C=O) groups excluding carboxylic acids is 4. The summed E-state index contributed by atoms with van der Waals surface area (Å²) >= 11 is 0. The van der Waals surface area contributed by atoms with E-state index < -0.39 is 97.5 Å². The van der Waals surface area contributed by atoms with Crippen molar-refractivity contribution in [2.24, 2.45) is 23.7 Å². The zero-order chi connectivity index (χ0) is 76.7. The second-order valence-corrected chi connectivity index (χ2v) is 35.2. The highest BCUT2D eigenvalue weighted by molar-refractivity contribution is 7.47. The molecule has 618 valence electrons. The van der Waals surface area contributed by atoms with Crippen LogP contribution in [0.25, 0.3) is 0 Å². The van der Waals surface area contributed by atoms with Crippen molar-refractivity contribution in [1.29, 1.82) is 0 Å². The van der Waals surface area contributed by atoms with E-state index in [0.29, 0.717) is 25.7 Å². The van der Waals surface area contributed by atoms with Crippen molar-refractivity contribution in [2.75, 3.05) is 39.6 Å². The van der Waals surface area contributed by atoms with Crippen molar-refractivity contribution >= 4 is 39.5 Å². The van der Waals surface area contributed by atoms with Crippen molar-refractivity contribution in [3.8, 4) is 0 Å². The SMILES string of the molecule is CCC(C)CCCCCCCCC(=O)OC[C@H](COP(=O)(O)OC[C@H](O)COP(=O)(O)OC[C@@H](COC(=O)CCCCCCCCCCCCCCCCCCCCC(C)C)OC(=O)CCCCCCCCCCCCCCCC(C)C)OC(=O)CCCCCCCCCCCCCCCCC(C)C. The van der Waals surface area contributed by atoms with Gasteiger partial charge in [0.2, 0.25) is 0 Å². The van der Waals surface area contributed by atoms with Gasteiger partial charge in [0.05, 0.1) is 26.4 Å². The van der Waals surface area contributed by atoms with E-state index in [1.54, 1.807) is 0 Å². The van der Waals surface area contributed by atoms with E-state index in [0.717, 1.165) is 120 Å². The molecule has 0 aromatic rings. The summed E-state index contributed by atoms with van der Waals surface area (Å²) in [6, 6.07) is 0. The molecular formula is C85H166O17P2. The lowest BCUT2D eigenvalue weighted by Gasteiger charge is -2.21. The van der Waals surface area contributed by atoms with Crippen molar-refractivity contribution in [3.05, 3.63) is 0 Å². The molecular weight excluding hydrogens is 1350 g/mol. The summed E-state index contributed by atoms with van der Waals surface area (Å²) in [6.45, 7) is 14.3. The molecule has 0 heterocycles. The van der Waals surface area contributed by atoms with Gasteiger partial charge < -0.3 is 33.8 Å². The molecule has 0 aliphatic heterocycles. The maximum atomic E-state index is 13.1. The van der Waals surface area contributed by atoms with Crippen LogP contribution in [0.4, 0.5) is 0 Å². The van der Waals surface area contributed by atoms with E-state index in [9.17, 15) is 43.2 Å². The predicted molar refractivity (Wildman–Crippen MR) is 428 cm³/mol. The third-order valence-corrected chi connectivity index (χ3v) is 22.1. The topological polar surface area (TPSA) is 237 Å². The number of esters is 4. The highest BCUT2D eigenvalue weighted by atomic mass is 31.2. The van der Waals surface area contributed by atoms with Gasteiger partial charge in [-0.15, -0.1) is 0 Å². The van der Waals surface area contributed by atoms with Crippen LogP contribution >= 0.6 is 15.6 Å². The lowest BCUT2D eigenvalue weighted by molar-refractivity contribution is -0.161. The van der Waals surface area contributed by atoms with Gasteiger partial charge in [-0.3, -0.25) is 37.3 Å². The molecule has 0 spiro atoms. The van der Waals surface area contributed by atoms with Crippen molar-refractivity contribution in [2.45, 2.75) is 459 Å². The van der Waals surface area contributed by atoms with Crippen LogP contribution < -0.4 is 0 Å². The van der Waals surface area contributed by atoms with Crippen LogP contribution in [0.5, 0.6) is 0 Å². The van der Waals surface area contributed by atoms with Gasteiger partial charge in [-0.05, 0) is 49.4 Å². The Morgan fingerprint density at radius 1 is 0.269 bits per heavy atom. The normalized spacial score (nSPS) is 14.2. The maximum Gasteiger partial charge on any atom is 0.472 e. The molecule has 0 aromatic heterocycles. The average Bonchev–Trinajstić information content (AvgIpc) is 0.900. The van der Waals surface area contributed by atoms with Crippen LogP contribution in [0, 0.1) is 23.7 Å². The van der Waals surface area contributed by atoms with Gasteiger partial charge in [0.15, 0.2) is 12.2 Å². The standard InChI is InChI=1S/C85H166O17P2/c1-9-78(8)64-56-48-43-44-50-58-66-83(88)96-72-81(102-85(90)67-59-51-41-35-29-23-17-16-20-26-32-38-46-54-62-76(4)5)74-100-104(93,94)98-70-79(86)69-97-103(91,92)99-73-80(101-84(89)68-60-52-42-36-30-24-18-21-27-33-39-47-55-63-77(6)7)71-95-82(87)65-57-49-40-34-28-22-15-13-11-10-12-14-19-25-31-37-45-53-61-75(2)3/h75-81,86H,9-74H2,1-8H3,(H,91,92)(H,93,94)/t78?,79-,80-,81-/m1/s1. The Kier molecular flexibility index (Phi) is 72.5. The molecule has 17 nitrogen and oxygen atoms in total. The lowest BCUT2D eigenvalue weighted by atomic mass is 10.00. The van der Waals surface area contributed by atoms with Gasteiger partial charge in [0, 0.05) is 25.7 Å². The molecule has 0 saturated heterocycles. The van der Waals surface area contributed by atoms with Gasteiger partial charge in [-0.1, -0.05) is 389 Å². The molecule has 0 saturated carbocycles. The molecule has 19 heteroatoms. The van der Waals surface area contributed by atoms with Crippen molar-refractivity contribution < 1.29 is 80.2 Å². The number of phosphoric ester groups is 2. The summed E-state index contributed by atoms with van der Waals surface area (Å²) in [5, 5.41) is 10.7. The lowest BCUT2D eigenvalue weighted by Crippen LogP contribution is -2.30. The maximum absolute atomic E-state index is 13.1. The van der Waals surface area contributed by atoms with E-state index in [2.05, 4.69) is 55.4 Å². The zero-order valence-corrected chi connectivity index (χ0v) is 70.5. The Bertz CT molecular complexity index is 2030.